The quantitative estimate of drug-likeness (QED) is 0.851. The summed E-state index contributed by atoms with van der Waals surface area (Å²) in [5, 5.41) is 6.73. The van der Waals surface area contributed by atoms with Gasteiger partial charge >= 0.3 is 0 Å². The lowest BCUT2D eigenvalue weighted by Gasteiger charge is -2.21. The maximum Gasteiger partial charge on any atom is 0.235 e. The zero-order valence-corrected chi connectivity index (χ0v) is 10.5. The van der Waals surface area contributed by atoms with Gasteiger partial charge in [0.2, 0.25) is 5.91 Å². The van der Waals surface area contributed by atoms with Crippen molar-refractivity contribution in [1.82, 2.24) is 10.3 Å². The molecule has 0 radical (unpaired) electrons. The predicted molar refractivity (Wildman–Crippen MR) is 71.2 cm³/mol. The molecular formula is C12H17N3OS. The summed E-state index contributed by atoms with van der Waals surface area (Å²) in [6.45, 7) is 2.14. The molecule has 1 fully saturated rings. The Balaban J connectivity index is 1.70. The van der Waals surface area contributed by atoms with Crippen molar-refractivity contribution in [3.63, 3.8) is 0 Å². The molecule has 1 aliphatic heterocycles. The number of aromatic nitrogens is 1. The molecule has 2 rings (SSSR count). The number of thioether (sulfide) groups is 1. The number of hydrogen-bond acceptors (Lipinski definition) is 4. The highest BCUT2D eigenvalue weighted by Crippen LogP contribution is 2.20. The van der Waals surface area contributed by atoms with Crippen molar-refractivity contribution in [2.45, 2.75) is 18.1 Å². The molecule has 0 aromatic carbocycles. The number of carbonyl (C=O) groups excluding carboxylic acids is 1. The summed E-state index contributed by atoms with van der Waals surface area (Å²) >= 11 is 1.74. The van der Waals surface area contributed by atoms with E-state index < -0.39 is 0 Å². The van der Waals surface area contributed by atoms with E-state index in [-0.39, 0.29) is 5.91 Å². The molecule has 1 saturated heterocycles. The highest BCUT2D eigenvalue weighted by atomic mass is 32.2. The van der Waals surface area contributed by atoms with Crippen molar-refractivity contribution >= 4 is 23.5 Å². The molecule has 5 heteroatoms. The van der Waals surface area contributed by atoms with Gasteiger partial charge in [-0.25, -0.2) is 4.98 Å². The van der Waals surface area contributed by atoms with E-state index in [0.717, 1.165) is 25.9 Å². The molecule has 1 aliphatic rings. The Hall–Kier alpha value is -1.07. The second kappa shape index (κ2) is 6.61. The van der Waals surface area contributed by atoms with Gasteiger partial charge in [0.1, 0.15) is 5.82 Å². The highest BCUT2D eigenvalue weighted by molar-refractivity contribution is 8.00. The van der Waals surface area contributed by atoms with Crippen LogP contribution >= 0.6 is 11.8 Å². The van der Waals surface area contributed by atoms with Crippen molar-refractivity contribution in [1.29, 1.82) is 0 Å². The van der Waals surface area contributed by atoms with E-state index in [9.17, 15) is 4.79 Å². The minimum atomic E-state index is 0.0345. The van der Waals surface area contributed by atoms with Gasteiger partial charge in [0.25, 0.3) is 0 Å². The molecule has 0 bridgehead atoms. The lowest BCUT2D eigenvalue weighted by atomic mass is 10.2. The number of pyridine rings is 1. The number of amides is 1. The Labute approximate surface area is 106 Å². The minimum Gasteiger partial charge on any atom is -0.317 e. The Morgan fingerprint density at radius 2 is 2.29 bits per heavy atom. The van der Waals surface area contributed by atoms with Gasteiger partial charge in [0.05, 0.1) is 5.75 Å². The average molecular weight is 251 g/mol. The second-order valence-electron chi connectivity index (χ2n) is 4.02. The van der Waals surface area contributed by atoms with E-state index in [1.165, 1.54) is 0 Å². The average Bonchev–Trinajstić information content (AvgIpc) is 2.39. The molecule has 2 N–H and O–H groups in total. The van der Waals surface area contributed by atoms with Gasteiger partial charge in [0, 0.05) is 11.4 Å². The van der Waals surface area contributed by atoms with Crippen LogP contribution in [-0.4, -0.2) is 35.0 Å². The molecule has 1 aromatic rings. The van der Waals surface area contributed by atoms with Crippen LogP contribution in [0.2, 0.25) is 0 Å². The summed E-state index contributed by atoms with van der Waals surface area (Å²) in [6.07, 6.45) is 3.98. The van der Waals surface area contributed by atoms with E-state index in [0.29, 0.717) is 16.8 Å². The summed E-state index contributed by atoms with van der Waals surface area (Å²) in [4.78, 5) is 15.7. The highest BCUT2D eigenvalue weighted by Gasteiger charge is 2.14. The third-order valence-corrected chi connectivity index (χ3v) is 4.04. The molecule has 1 amide bonds. The van der Waals surface area contributed by atoms with Gasteiger partial charge in [-0.1, -0.05) is 6.07 Å². The van der Waals surface area contributed by atoms with Gasteiger partial charge in [-0.2, -0.15) is 0 Å². The monoisotopic (exact) mass is 251 g/mol. The number of rotatable bonds is 4. The first kappa shape index (κ1) is 12.4. The van der Waals surface area contributed by atoms with Crippen LogP contribution in [0.1, 0.15) is 12.8 Å². The third-order valence-electron chi connectivity index (χ3n) is 2.67. The van der Waals surface area contributed by atoms with Crippen LogP contribution in [0.4, 0.5) is 5.82 Å². The number of carbonyl (C=O) groups is 1. The van der Waals surface area contributed by atoms with Crippen molar-refractivity contribution in [3.8, 4) is 0 Å². The van der Waals surface area contributed by atoms with E-state index in [1.54, 1.807) is 24.0 Å². The van der Waals surface area contributed by atoms with E-state index in [2.05, 4.69) is 15.6 Å². The molecule has 0 spiro atoms. The molecule has 0 atom stereocenters. The first-order valence-electron chi connectivity index (χ1n) is 5.88. The van der Waals surface area contributed by atoms with Crippen molar-refractivity contribution in [2.75, 3.05) is 24.2 Å². The van der Waals surface area contributed by atoms with Crippen molar-refractivity contribution in [2.24, 2.45) is 0 Å². The molecule has 4 nitrogen and oxygen atoms in total. The maximum atomic E-state index is 11.7. The fraction of sp³-hybridized carbons (Fsp3) is 0.500. The number of nitrogens with one attached hydrogen (secondary N) is 2. The van der Waals surface area contributed by atoms with Crippen molar-refractivity contribution < 1.29 is 4.79 Å². The summed E-state index contributed by atoms with van der Waals surface area (Å²) < 4.78 is 0. The smallest absolute Gasteiger partial charge is 0.235 e. The van der Waals surface area contributed by atoms with Crippen LogP contribution in [0.3, 0.4) is 0 Å². The molecule has 0 unspecified atom stereocenters. The lowest BCUT2D eigenvalue weighted by molar-refractivity contribution is -0.113. The first-order valence-corrected chi connectivity index (χ1v) is 6.92. The zero-order chi connectivity index (χ0) is 11.9. The summed E-state index contributed by atoms with van der Waals surface area (Å²) in [7, 11) is 0. The summed E-state index contributed by atoms with van der Waals surface area (Å²) in [5.74, 6) is 1.18. The van der Waals surface area contributed by atoms with Crippen molar-refractivity contribution in [3.05, 3.63) is 24.4 Å². The van der Waals surface area contributed by atoms with Gasteiger partial charge in [-0.3, -0.25) is 4.79 Å². The number of hydrogen-bond donors (Lipinski definition) is 2. The van der Waals surface area contributed by atoms with Gasteiger partial charge < -0.3 is 10.6 Å². The van der Waals surface area contributed by atoms with E-state index >= 15 is 0 Å². The topological polar surface area (TPSA) is 54.0 Å². The fourth-order valence-corrected chi connectivity index (χ4v) is 2.80. The lowest BCUT2D eigenvalue weighted by Crippen LogP contribution is -2.30. The van der Waals surface area contributed by atoms with Crippen LogP contribution in [-0.2, 0) is 4.79 Å². The maximum absolute atomic E-state index is 11.7. The molecule has 0 aliphatic carbocycles. The van der Waals surface area contributed by atoms with Gasteiger partial charge in [-0.15, -0.1) is 11.8 Å². The molecule has 1 aromatic heterocycles. The molecular weight excluding hydrogens is 234 g/mol. The van der Waals surface area contributed by atoms with E-state index in [1.807, 2.05) is 12.1 Å². The predicted octanol–water partition coefficient (Wildman–Crippen LogP) is 1.51. The van der Waals surface area contributed by atoms with Crippen LogP contribution in [0.5, 0.6) is 0 Å². The standard InChI is InChI=1S/C12H17N3OS/c16-12(15-11-3-1-2-6-14-11)9-17-10-4-7-13-8-5-10/h1-3,6,10,13H,4-5,7-9H2,(H,14,15,16). The normalized spacial score (nSPS) is 16.7. The van der Waals surface area contributed by atoms with Gasteiger partial charge in [-0.05, 0) is 38.1 Å². The molecule has 0 saturated carbocycles. The Morgan fingerprint density at radius 1 is 1.47 bits per heavy atom. The number of nitrogens with zero attached hydrogens (tertiary/aromatic N) is 1. The number of piperidine rings is 1. The van der Waals surface area contributed by atoms with Crippen LogP contribution in [0, 0.1) is 0 Å². The third kappa shape index (κ3) is 4.36. The van der Waals surface area contributed by atoms with Crippen LogP contribution in [0.15, 0.2) is 24.4 Å². The zero-order valence-electron chi connectivity index (χ0n) is 9.69. The molecule has 17 heavy (non-hydrogen) atoms. The SMILES string of the molecule is O=C(CSC1CCNCC1)Nc1ccccn1. The Morgan fingerprint density at radius 3 is 3.00 bits per heavy atom. The largest absolute Gasteiger partial charge is 0.317 e. The Kier molecular flexibility index (Phi) is 4.82. The van der Waals surface area contributed by atoms with Crippen LogP contribution in [0.25, 0.3) is 0 Å². The fourth-order valence-electron chi connectivity index (χ4n) is 1.77. The number of anilines is 1. The molecule has 92 valence electrons. The minimum absolute atomic E-state index is 0.0345. The van der Waals surface area contributed by atoms with Gasteiger partial charge in [0.15, 0.2) is 0 Å². The van der Waals surface area contributed by atoms with E-state index in [4.69, 9.17) is 0 Å². The summed E-state index contributed by atoms with van der Waals surface area (Å²) in [6, 6.07) is 5.50. The second-order valence-corrected chi connectivity index (χ2v) is 5.31. The summed E-state index contributed by atoms with van der Waals surface area (Å²) in [5.41, 5.74) is 0. The molecule has 2 heterocycles. The van der Waals surface area contributed by atoms with Crippen LogP contribution < -0.4 is 10.6 Å². The Bertz CT molecular complexity index is 352. The first-order chi connectivity index (χ1) is 8.34.